The summed E-state index contributed by atoms with van der Waals surface area (Å²) in [5.74, 6) is 0.834. The van der Waals surface area contributed by atoms with Crippen molar-refractivity contribution in [3.8, 4) is 5.75 Å². The van der Waals surface area contributed by atoms with Crippen LogP contribution in [0.5, 0.6) is 5.75 Å². The smallest absolute Gasteiger partial charge is 0.148 e. The largest absolute Gasteiger partial charge is 0.489 e. The first-order valence-corrected chi connectivity index (χ1v) is 8.56. The number of hydrogen-bond donors (Lipinski definition) is 1. The normalized spacial score (nSPS) is 10.8. The van der Waals surface area contributed by atoms with E-state index in [1.54, 1.807) is 0 Å². The third-order valence-corrected chi connectivity index (χ3v) is 4.18. The van der Waals surface area contributed by atoms with Crippen molar-refractivity contribution < 1.29 is 4.74 Å². The number of hydrogen-bond acceptors (Lipinski definition) is 2. The summed E-state index contributed by atoms with van der Waals surface area (Å²) in [5.41, 5.74) is 2.19. The van der Waals surface area contributed by atoms with Gasteiger partial charge in [-0.25, -0.2) is 0 Å². The summed E-state index contributed by atoms with van der Waals surface area (Å²) in [4.78, 5) is 0. The standard InChI is InChI=1S/C16H16Br2ClNO/c1-10(2)21-16-14(17)7-11(8-15(16)18)9-20-13-5-3-12(19)4-6-13/h3-8,10,20H,9H2,1-2H3. The van der Waals surface area contributed by atoms with Gasteiger partial charge in [0.05, 0.1) is 15.0 Å². The molecule has 0 bridgehead atoms. The van der Waals surface area contributed by atoms with Gasteiger partial charge in [-0.1, -0.05) is 11.6 Å². The zero-order valence-corrected chi connectivity index (χ0v) is 15.7. The SMILES string of the molecule is CC(C)Oc1c(Br)cc(CNc2ccc(Cl)cc2)cc1Br. The van der Waals surface area contributed by atoms with E-state index in [0.717, 1.165) is 37.5 Å². The van der Waals surface area contributed by atoms with E-state index in [4.69, 9.17) is 16.3 Å². The van der Waals surface area contributed by atoms with Crippen LogP contribution in [0.4, 0.5) is 5.69 Å². The maximum atomic E-state index is 5.88. The van der Waals surface area contributed by atoms with E-state index in [2.05, 4.69) is 49.3 Å². The first kappa shape index (κ1) is 16.7. The van der Waals surface area contributed by atoms with Crippen LogP contribution in [0.1, 0.15) is 19.4 Å². The molecule has 0 spiro atoms. The third kappa shape index (κ3) is 4.90. The zero-order valence-electron chi connectivity index (χ0n) is 11.8. The Labute approximate surface area is 147 Å². The molecule has 0 aromatic heterocycles. The van der Waals surface area contributed by atoms with Crippen molar-refractivity contribution in [2.24, 2.45) is 0 Å². The minimum Gasteiger partial charge on any atom is -0.489 e. The average Bonchev–Trinajstić information content (AvgIpc) is 2.42. The van der Waals surface area contributed by atoms with Gasteiger partial charge < -0.3 is 10.1 Å². The Morgan fingerprint density at radius 2 is 1.67 bits per heavy atom. The highest BCUT2D eigenvalue weighted by molar-refractivity contribution is 9.11. The number of anilines is 1. The van der Waals surface area contributed by atoms with E-state index in [0.29, 0.717) is 0 Å². The van der Waals surface area contributed by atoms with Gasteiger partial charge in [-0.3, -0.25) is 0 Å². The van der Waals surface area contributed by atoms with Gasteiger partial charge in [0.15, 0.2) is 0 Å². The molecule has 0 radical (unpaired) electrons. The lowest BCUT2D eigenvalue weighted by Crippen LogP contribution is -2.07. The second kappa shape index (κ2) is 7.52. The molecule has 0 fully saturated rings. The van der Waals surface area contributed by atoms with Crippen molar-refractivity contribution in [2.75, 3.05) is 5.32 Å². The average molecular weight is 434 g/mol. The molecule has 0 amide bonds. The van der Waals surface area contributed by atoms with Crippen LogP contribution in [-0.4, -0.2) is 6.10 Å². The molecule has 2 nitrogen and oxygen atoms in total. The van der Waals surface area contributed by atoms with E-state index in [1.807, 2.05) is 38.1 Å². The van der Waals surface area contributed by atoms with Crippen molar-refractivity contribution >= 4 is 49.1 Å². The Hall–Kier alpha value is -0.710. The van der Waals surface area contributed by atoms with Crippen LogP contribution in [-0.2, 0) is 6.54 Å². The summed E-state index contributed by atoms with van der Waals surface area (Å²) in [6, 6.07) is 11.8. The lowest BCUT2D eigenvalue weighted by Gasteiger charge is -2.15. The summed E-state index contributed by atoms with van der Waals surface area (Å²) < 4.78 is 7.66. The van der Waals surface area contributed by atoms with Crippen molar-refractivity contribution in [3.63, 3.8) is 0 Å². The molecule has 2 aromatic rings. The predicted octanol–water partition coefficient (Wildman–Crippen LogP) is 6.26. The molecule has 5 heteroatoms. The summed E-state index contributed by atoms with van der Waals surface area (Å²) in [6.07, 6.45) is 0.135. The fourth-order valence-corrected chi connectivity index (χ4v) is 3.43. The van der Waals surface area contributed by atoms with Gasteiger partial charge >= 0.3 is 0 Å². The zero-order chi connectivity index (χ0) is 15.4. The van der Waals surface area contributed by atoms with Crippen LogP contribution in [0.15, 0.2) is 45.3 Å². The van der Waals surface area contributed by atoms with Gasteiger partial charge in [0.1, 0.15) is 5.75 Å². The van der Waals surface area contributed by atoms with Gasteiger partial charge in [-0.15, -0.1) is 0 Å². The highest BCUT2D eigenvalue weighted by Gasteiger charge is 2.10. The quantitative estimate of drug-likeness (QED) is 0.600. The van der Waals surface area contributed by atoms with Gasteiger partial charge in [0.25, 0.3) is 0 Å². The molecular weight excluding hydrogens is 417 g/mol. The second-order valence-corrected chi connectivity index (χ2v) is 7.06. The summed E-state index contributed by atoms with van der Waals surface area (Å²) in [7, 11) is 0. The number of nitrogens with one attached hydrogen (secondary N) is 1. The van der Waals surface area contributed by atoms with Crippen LogP contribution < -0.4 is 10.1 Å². The Morgan fingerprint density at radius 1 is 1.10 bits per heavy atom. The van der Waals surface area contributed by atoms with Crippen molar-refractivity contribution in [1.29, 1.82) is 0 Å². The molecule has 2 rings (SSSR count). The van der Waals surface area contributed by atoms with E-state index in [9.17, 15) is 0 Å². The van der Waals surface area contributed by atoms with Gasteiger partial charge in [0, 0.05) is 17.3 Å². The van der Waals surface area contributed by atoms with Crippen LogP contribution in [0.3, 0.4) is 0 Å². The van der Waals surface area contributed by atoms with Gasteiger partial charge in [-0.05, 0) is 87.7 Å². The molecule has 0 unspecified atom stereocenters. The molecule has 0 heterocycles. The molecule has 0 saturated carbocycles. The third-order valence-electron chi connectivity index (χ3n) is 2.75. The Bertz CT molecular complexity index is 591. The van der Waals surface area contributed by atoms with Crippen LogP contribution >= 0.6 is 43.5 Å². The van der Waals surface area contributed by atoms with Crippen LogP contribution in [0.25, 0.3) is 0 Å². The predicted molar refractivity (Wildman–Crippen MR) is 96.4 cm³/mol. The maximum absolute atomic E-state index is 5.88. The number of halogens is 3. The molecule has 0 atom stereocenters. The van der Waals surface area contributed by atoms with Crippen LogP contribution in [0.2, 0.25) is 5.02 Å². The maximum Gasteiger partial charge on any atom is 0.148 e. The highest BCUT2D eigenvalue weighted by atomic mass is 79.9. The Balaban J connectivity index is 2.09. The summed E-state index contributed by atoms with van der Waals surface area (Å²) >= 11 is 13.0. The van der Waals surface area contributed by atoms with E-state index >= 15 is 0 Å². The highest BCUT2D eigenvalue weighted by Crippen LogP contribution is 2.35. The first-order chi connectivity index (χ1) is 9.95. The van der Waals surface area contributed by atoms with Gasteiger partial charge in [0.2, 0.25) is 0 Å². The molecule has 0 saturated heterocycles. The fourth-order valence-electron chi connectivity index (χ4n) is 1.83. The molecule has 0 aliphatic carbocycles. The topological polar surface area (TPSA) is 21.3 Å². The number of ether oxygens (including phenoxy) is 1. The van der Waals surface area contributed by atoms with Gasteiger partial charge in [-0.2, -0.15) is 0 Å². The van der Waals surface area contributed by atoms with Crippen molar-refractivity contribution in [2.45, 2.75) is 26.5 Å². The lowest BCUT2D eigenvalue weighted by atomic mass is 10.2. The second-order valence-electron chi connectivity index (χ2n) is 4.92. The molecular formula is C16H16Br2ClNO. The summed E-state index contributed by atoms with van der Waals surface area (Å²) in [5, 5.41) is 4.10. The lowest BCUT2D eigenvalue weighted by molar-refractivity contribution is 0.239. The molecule has 1 N–H and O–H groups in total. The molecule has 0 aliphatic heterocycles. The fraction of sp³-hybridized carbons (Fsp3) is 0.250. The minimum atomic E-state index is 0.135. The van der Waals surface area contributed by atoms with E-state index in [1.165, 1.54) is 0 Å². The number of benzene rings is 2. The first-order valence-electron chi connectivity index (χ1n) is 6.59. The van der Waals surface area contributed by atoms with Crippen LogP contribution in [0, 0.1) is 0 Å². The molecule has 21 heavy (non-hydrogen) atoms. The van der Waals surface area contributed by atoms with E-state index in [-0.39, 0.29) is 6.10 Å². The van der Waals surface area contributed by atoms with Crippen molar-refractivity contribution in [3.05, 3.63) is 55.9 Å². The van der Waals surface area contributed by atoms with Crippen molar-refractivity contribution in [1.82, 2.24) is 0 Å². The Kier molecular flexibility index (Phi) is 5.97. The van der Waals surface area contributed by atoms with E-state index < -0.39 is 0 Å². The molecule has 2 aromatic carbocycles. The number of rotatable bonds is 5. The monoisotopic (exact) mass is 431 g/mol. The minimum absolute atomic E-state index is 0.135. The molecule has 112 valence electrons. The summed E-state index contributed by atoms with van der Waals surface area (Å²) in [6.45, 7) is 4.74. The Morgan fingerprint density at radius 3 is 2.19 bits per heavy atom. The molecule has 0 aliphatic rings.